The highest BCUT2D eigenvalue weighted by Gasteiger charge is 2.23. The number of benzene rings is 2. The summed E-state index contributed by atoms with van der Waals surface area (Å²) in [4.78, 5) is 24.9. The summed E-state index contributed by atoms with van der Waals surface area (Å²) in [7, 11) is 0. The van der Waals surface area contributed by atoms with Crippen molar-refractivity contribution in [1.29, 1.82) is 0 Å². The predicted octanol–water partition coefficient (Wildman–Crippen LogP) is 2.16. The van der Waals surface area contributed by atoms with Crippen LogP contribution in [0.2, 0.25) is 0 Å². The Hall–Kier alpha value is -2.70. The zero-order valence-electron chi connectivity index (χ0n) is 18.0. The van der Waals surface area contributed by atoms with E-state index in [1.807, 2.05) is 44.2 Å². The molecule has 2 rings (SSSR count). The van der Waals surface area contributed by atoms with Crippen molar-refractivity contribution in [3.8, 4) is 5.75 Å². The first-order chi connectivity index (χ1) is 14.2. The van der Waals surface area contributed by atoms with Crippen molar-refractivity contribution in [2.45, 2.75) is 52.1 Å². The molecule has 0 spiro atoms. The van der Waals surface area contributed by atoms with E-state index in [4.69, 9.17) is 11.5 Å². The summed E-state index contributed by atoms with van der Waals surface area (Å²) < 4.78 is 0. The third kappa shape index (κ3) is 6.97. The topological polar surface area (TPSA) is 118 Å². The van der Waals surface area contributed by atoms with Gasteiger partial charge >= 0.3 is 0 Å². The number of phenolic OH excluding ortho intramolecular Hbond substituents is 1. The number of carbonyl (C=O) groups is 2. The highest BCUT2D eigenvalue weighted by Crippen LogP contribution is 2.22. The third-order valence-electron chi connectivity index (χ3n) is 5.35. The lowest BCUT2D eigenvalue weighted by Gasteiger charge is -2.18. The molecule has 3 atom stereocenters. The normalized spacial score (nSPS) is 14.0. The Kier molecular flexibility index (Phi) is 8.57. The number of hydrogen-bond acceptors (Lipinski definition) is 5. The van der Waals surface area contributed by atoms with Gasteiger partial charge in [0.15, 0.2) is 5.78 Å². The molecule has 6 heteroatoms. The second kappa shape index (κ2) is 10.9. The molecule has 0 aliphatic heterocycles. The fourth-order valence-corrected chi connectivity index (χ4v) is 3.57. The minimum Gasteiger partial charge on any atom is -0.508 e. The lowest BCUT2D eigenvalue weighted by atomic mass is 9.91. The maximum absolute atomic E-state index is 12.6. The van der Waals surface area contributed by atoms with Crippen LogP contribution in [0, 0.1) is 19.8 Å². The first-order valence-corrected chi connectivity index (χ1v) is 10.3. The fourth-order valence-electron chi connectivity index (χ4n) is 3.57. The number of nitrogens with two attached hydrogens (primary N) is 2. The molecule has 2 aromatic carbocycles. The minimum absolute atomic E-state index is 0.0805. The number of phenols is 1. The molecular weight excluding hydrogens is 378 g/mol. The first-order valence-electron chi connectivity index (χ1n) is 10.3. The van der Waals surface area contributed by atoms with Crippen LogP contribution in [0.3, 0.4) is 0 Å². The largest absolute Gasteiger partial charge is 0.508 e. The van der Waals surface area contributed by atoms with E-state index in [0.29, 0.717) is 19.4 Å². The SMILES string of the molecule is Cc1cc(O)cc(C)c1C[C@H](N)C(=O)C[C@@H](C)C(=O)NC[C@H](N)Cc1ccccc1. The van der Waals surface area contributed by atoms with Gasteiger partial charge in [0.25, 0.3) is 0 Å². The second-order valence-electron chi connectivity index (χ2n) is 8.14. The number of ketones is 1. The van der Waals surface area contributed by atoms with Gasteiger partial charge in [-0.1, -0.05) is 37.3 Å². The zero-order valence-corrected chi connectivity index (χ0v) is 18.0. The first kappa shape index (κ1) is 23.6. The molecule has 0 bridgehead atoms. The highest BCUT2D eigenvalue weighted by molar-refractivity contribution is 5.89. The van der Waals surface area contributed by atoms with Crippen molar-refractivity contribution in [2.75, 3.05) is 6.54 Å². The minimum atomic E-state index is -0.692. The van der Waals surface area contributed by atoms with Crippen LogP contribution in [0.1, 0.15) is 35.6 Å². The lowest BCUT2D eigenvalue weighted by molar-refractivity contribution is -0.129. The van der Waals surface area contributed by atoms with Crippen LogP contribution < -0.4 is 16.8 Å². The van der Waals surface area contributed by atoms with E-state index in [2.05, 4.69) is 5.32 Å². The van der Waals surface area contributed by atoms with Gasteiger partial charge in [-0.25, -0.2) is 0 Å². The van der Waals surface area contributed by atoms with Crippen molar-refractivity contribution in [3.63, 3.8) is 0 Å². The standard InChI is InChI=1S/C24H33N3O3/c1-15-9-20(28)10-16(2)21(15)13-22(26)23(29)11-17(3)24(30)27-14-19(25)12-18-7-5-4-6-8-18/h4-10,17,19,22,28H,11-14,25-26H2,1-3H3,(H,27,30)/t17-,19-,22+/m1/s1. The molecule has 0 aliphatic carbocycles. The average Bonchev–Trinajstić information content (AvgIpc) is 2.69. The number of aryl methyl sites for hydroxylation is 2. The maximum atomic E-state index is 12.6. The van der Waals surface area contributed by atoms with E-state index >= 15 is 0 Å². The van der Waals surface area contributed by atoms with Crippen molar-refractivity contribution in [1.82, 2.24) is 5.32 Å². The quantitative estimate of drug-likeness (QED) is 0.478. The van der Waals surface area contributed by atoms with Crippen molar-refractivity contribution in [2.24, 2.45) is 17.4 Å². The van der Waals surface area contributed by atoms with Crippen molar-refractivity contribution >= 4 is 11.7 Å². The molecule has 0 aromatic heterocycles. The smallest absolute Gasteiger partial charge is 0.223 e. The van der Waals surface area contributed by atoms with Crippen LogP contribution in [0.25, 0.3) is 0 Å². The van der Waals surface area contributed by atoms with E-state index in [1.165, 1.54) is 0 Å². The van der Waals surface area contributed by atoms with E-state index in [1.54, 1.807) is 19.1 Å². The van der Waals surface area contributed by atoms with Crippen molar-refractivity contribution in [3.05, 3.63) is 64.7 Å². The van der Waals surface area contributed by atoms with Gasteiger partial charge in [-0.05, 0) is 61.1 Å². The summed E-state index contributed by atoms with van der Waals surface area (Å²) in [5.74, 6) is -0.631. The van der Waals surface area contributed by atoms with E-state index < -0.39 is 12.0 Å². The molecular formula is C24H33N3O3. The summed E-state index contributed by atoms with van der Waals surface area (Å²) in [5.41, 5.74) is 16.1. The van der Waals surface area contributed by atoms with Gasteiger partial charge in [0.1, 0.15) is 5.75 Å². The summed E-state index contributed by atoms with van der Waals surface area (Å²) in [6.07, 6.45) is 1.13. The molecule has 0 heterocycles. The van der Waals surface area contributed by atoms with E-state index in [-0.39, 0.29) is 29.9 Å². The Bertz CT molecular complexity index is 844. The molecule has 1 amide bonds. The van der Waals surface area contributed by atoms with Gasteiger partial charge in [-0.3, -0.25) is 9.59 Å². The molecule has 162 valence electrons. The van der Waals surface area contributed by atoms with Gasteiger partial charge in [-0.15, -0.1) is 0 Å². The Morgan fingerprint density at radius 3 is 2.23 bits per heavy atom. The van der Waals surface area contributed by atoms with Gasteiger partial charge in [0, 0.05) is 24.9 Å². The monoisotopic (exact) mass is 411 g/mol. The molecule has 0 aliphatic rings. The van der Waals surface area contributed by atoms with Gasteiger partial charge < -0.3 is 21.9 Å². The van der Waals surface area contributed by atoms with Crippen molar-refractivity contribution < 1.29 is 14.7 Å². The molecule has 6 nitrogen and oxygen atoms in total. The number of Topliss-reactive ketones (excluding diaryl/α,β-unsaturated/α-hetero) is 1. The molecule has 0 saturated heterocycles. The number of hydrogen-bond donors (Lipinski definition) is 4. The van der Waals surface area contributed by atoms with E-state index in [0.717, 1.165) is 22.3 Å². The van der Waals surface area contributed by atoms with Crippen LogP contribution in [-0.4, -0.2) is 35.4 Å². The van der Waals surface area contributed by atoms with Crippen LogP contribution in [0.15, 0.2) is 42.5 Å². The Labute approximate surface area is 178 Å². The number of carbonyl (C=O) groups excluding carboxylic acids is 2. The summed E-state index contributed by atoms with van der Waals surface area (Å²) in [5, 5.41) is 12.5. The summed E-state index contributed by atoms with van der Waals surface area (Å²) in [6.45, 7) is 5.84. The van der Waals surface area contributed by atoms with Crippen LogP contribution >= 0.6 is 0 Å². The number of aromatic hydroxyl groups is 1. The van der Waals surface area contributed by atoms with Crippen LogP contribution in [0.5, 0.6) is 5.75 Å². The summed E-state index contributed by atoms with van der Waals surface area (Å²) >= 11 is 0. The second-order valence-corrected chi connectivity index (χ2v) is 8.14. The lowest BCUT2D eigenvalue weighted by Crippen LogP contribution is -2.42. The predicted molar refractivity (Wildman–Crippen MR) is 119 cm³/mol. The third-order valence-corrected chi connectivity index (χ3v) is 5.35. The summed E-state index contributed by atoms with van der Waals surface area (Å²) in [6, 6.07) is 12.3. The molecule has 0 fully saturated rings. The number of nitrogens with one attached hydrogen (secondary N) is 1. The Morgan fingerprint density at radius 2 is 1.63 bits per heavy atom. The molecule has 30 heavy (non-hydrogen) atoms. The highest BCUT2D eigenvalue weighted by atomic mass is 16.3. The maximum Gasteiger partial charge on any atom is 0.223 e. The molecule has 0 unspecified atom stereocenters. The Balaban J connectivity index is 1.82. The zero-order chi connectivity index (χ0) is 22.3. The van der Waals surface area contributed by atoms with E-state index in [9.17, 15) is 14.7 Å². The van der Waals surface area contributed by atoms with Crippen LogP contribution in [0.4, 0.5) is 0 Å². The molecule has 2 aromatic rings. The van der Waals surface area contributed by atoms with Crippen LogP contribution in [-0.2, 0) is 22.4 Å². The fraction of sp³-hybridized carbons (Fsp3) is 0.417. The Morgan fingerprint density at radius 1 is 1.03 bits per heavy atom. The molecule has 0 radical (unpaired) electrons. The van der Waals surface area contributed by atoms with Gasteiger partial charge in [0.2, 0.25) is 5.91 Å². The average molecular weight is 412 g/mol. The van der Waals surface area contributed by atoms with Gasteiger partial charge in [-0.2, -0.15) is 0 Å². The number of rotatable bonds is 10. The van der Waals surface area contributed by atoms with Gasteiger partial charge in [0.05, 0.1) is 6.04 Å². The molecule has 0 saturated carbocycles. The molecule has 6 N–H and O–H groups in total. The number of amides is 1.